The molecule has 1 heterocycles. The fraction of sp³-hybridized carbons (Fsp3) is 1.00. The van der Waals surface area contributed by atoms with Crippen LogP contribution < -0.4 is 0 Å². The number of hydrogen-bond donors (Lipinski definition) is 2. The molecule has 0 aliphatic carbocycles. The fourth-order valence-corrected chi connectivity index (χ4v) is 0.801. The number of aliphatic hydroxyl groups excluding tert-OH is 2. The van der Waals surface area contributed by atoms with E-state index in [4.69, 9.17) is 29.2 Å². The quantitative estimate of drug-likeness (QED) is 0.397. The molecule has 1 rings (SSSR count). The molecule has 0 radical (unpaired) electrons. The molecule has 0 aromatic rings. The molecule has 16 heavy (non-hydrogen) atoms. The highest BCUT2D eigenvalue weighted by molar-refractivity contribution is 4.66. The minimum absolute atomic E-state index is 0.0417. The van der Waals surface area contributed by atoms with E-state index in [0.717, 1.165) is 13.2 Å². The maximum atomic E-state index is 8.26. The van der Waals surface area contributed by atoms with Gasteiger partial charge in [0.2, 0.25) is 0 Å². The Morgan fingerprint density at radius 3 is 1.81 bits per heavy atom. The van der Waals surface area contributed by atoms with Gasteiger partial charge >= 0.3 is 0 Å². The Labute approximate surface area is 96.1 Å². The summed E-state index contributed by atoms with van der Waals surface area (Å²) in [5.41, 5.74) is 0. The molecule has 98 valence electrons. The van der Waals surface area contributed by atoms with Crippen LogP contribution in [0.3, 0.4) is 0 Å². The minimum Gasteiger partial charge on any atom is -0.394 e. The number of aliphatic hydroxyl groups is 2. The molecular formula is C10H22O6. The fourth-order valence-electron chi connectivity index (χ4n) is 0.801. The number of methoxy groups -OCH3 is 1. The molecule has 0 amide bonds. The SMILES string of the molecule is COCC1CO1.OCCOCCOCCO. The van der Waals surface area contributed by atoms with E-state index in [-0.39, 0.29) is 13.2 Å². The first kappa shape index (κ1) is 15.8. The highest BCUT2D eigenvalue weighted by atomic mass is 16.6. The standard InChI is InChI=1S/C6H14O4.C4H8O2/c7-1-3-9-5-6-10-4-2-8;1-5-2-4-3-6-4/h7-8H,1-6H2;4H,2-3H2,1H3. The Morgan fingerprint density at radius 2 is 1.56 bits per heavy atom. The third kappa shape index (κ3) is 13.8. The lowest BCUT2D eigenvalue weighted by Gasteiger charge is -2.01. The molecule has 1 atom stereocenters. The number of epoxide rings is 1. The Bertz CT molecular complexity index is 120. The highest BCUT2D eigenvalue weighted by Crippen LogP contribution is 2.06. The molecule has 1 unspecified atom stereocenters. The Balaban J connectivity index is 0.000000315. The van der Waals surface area contributed by atoms with Crippen molar-refractivity contribution in [2.45, 2.75) is 6.10 Å². The van der Waals surface area contributed by atoms with Crippen molar-refractivity contribution in [2.75, 3.05) is 60.0 Å². The number of rotatable bonds is 9. The average Bonchev–Trinajstić information content (AvgIpc) is 3.09. The second kappa shape index (κ2) is 12.8. The summed E-state index contributed by atoms with van der Waals surface area (Å²) < 4.78 is 19.3. The van der Waals surface area contributed by atoms with Gasteiger partial charge in [0.15, 0.2) is 0 Å². The van der Waals surface area contributed by atoms with E-state index in [1.807, 2.05) is 0 Å². The van der Waals surface area contributed by atoms with Crippen LogP contribution >= 0.6 is 0 Å². The van der Waals surface area contributed by atoms with E-state index < -0.39 is 0 Å². The van der Waals surface area contributed by atoms with Crippen molar-refractivity contribution in [3.05, 3.63) is 0 Å². The van der Waals surface area contributed by atoms with E-state index in [0.29, 0.717) is 32.5 Å². The molecule has 1 aliphatic heterocycles. The lowest BCUT2D eigenvalue weighted by Crippen LogP contribution is -2.09. The van der Waals surface area contributed by atoms with Gasteiger partial charge in [-0.25, -0.2) is 0 Å². The van der Waals surface area contributed by atoms with Crippen LogP contribution in [0, 0.1) is 0 Å². The average molecular weight is 238 g/mol. The van der Waals surface area contributed by atoms with E-state index in [2.05, 4.69) is 0 Å². The summed E-state index contributed by atoms with van der Waals surface area (Å²) in [5, 5.41) is 16.5. The lowest BCUT2D eigenvalue weighted by atomic mass is 10.5. The molecule has 0 aromatic carbocycles. The van der Waals surface area contributed by atoms with Crippen molar-refractivity contribution in [1.29, 1.82) is 0 Å². The Morgan fingerprint density at radius 1 is 1.06 bits per heavy atom. The van der Waals surface area contributed by atoms with Gasteiger partial charge in [-0.05, 0) is 0 Å². The molecule has 1 saturated heterocycles. The molecule has 0 bridgehead atoms. The summed E-state index contributed by atoms with van der Waals surface area (Å²) in [6.45, 7) is 3.39. The molecule has 6 nitrogen and oxygen atoms in total. The van der Waals surface area contributed by atoms with Gasteiger partial charge < -0.3 is 29.2 Å². The second-order valence-corrected chi connectivity index (χ2v) is 3.08. The van der Waals surface area contributed by atoms with Crippen LogP contribution in [-0.2, 0) is 18.9 Å². The summed E-state index contributed by atoms with van der Waals surface area (Å²) in [5.74, 6) is 0. The zero-order chi connectivity index (χ0) is 12.1. The van der Waals surface area contributed by atoms with Gasteiger partial charge in [-0.1, -0.05) is 0 Å². The topological polar surface area (TPSA) is 80.7 Å². The molecular weight excluding hydrogens is 216 g/mol. The predicted octanol–water partition coefficient (Wildman–Crippen LogP) is -0.964. The minimum atomic E-state index is 0.0417. The summed E-state index contributed by atoms with van der Waals surface area (Å²) in [6.07, 6.45) is 0.426. The van der Waals surface area contributed by atoms with Gasteiger partial charge in [0.25, 0.3) is 0 Å². The van der Waals surface area contributed by atoms with Gasteiger partial charge in [0.1, 0.15) is 6.10 Å². The van der Waals surface area contributed by atoms with E-state index in [1.165, 1.54) is 0 Å². The van der Waals surface area contributed by atoms with Gasteiger partial charge in [0, 0.05) is 7.11 Å². The van der Waals surface area contributed by atoms with Gasteiger partial charge in [-0.2, -0.15) is 0 Å². The Hall–Kier alpha value is -0.240. The number of hydrogen-bond acceptors (Lipinski definition) is 6. The van der Waals surface area contributed by atoms with Crippen molar-refractivity contribution in [3.63, 3.8) is 0 Å². The summed E-state index contributed by atoms with van der Waals surface area (Å²) >= 11 is 0. The predicted molar refractivity (Wildman–Crippen MR) is 57.4 cm³/mol. The van der Waals surface area contributed by atoms with Gasteiger partial charge in [-0.15, -0.1) is 0 Å². The van der Waals surface area contributed by atoms with E-state index >= 15 is 0 Å². The van der Waals surface area contributed by atoms with Crippen LogP contribution in [-0.4, -0.2) is 76.3 Å². The van der Waals surface area contributed by atoms with Gasteiger partial charge in [0.05, 0.1) is 52.9 Å². The zero-order valence-corrected chi connectivity index (χ0v) is 9.76. The van der Waals surface area contributed by atoms with Crippen molar-refractivity contribution in [3.8, 4) is 0 Å². The largest absolute Gasteiger partial charge is 0.394 e. The summed E-state index contributed by atoms with van der Waals surface area (Å²) in [6, 6.07) is 0. The van der Waals surface area contributed by atoms with Crippen molar-refractivity contribution < 1.29 is 29.2 Å². The lowest BCUT2D eigenvalue weighted by molar-refractivity contribution is 0.0222. The molecule has 6 heteroatoms. The maximum Gasteiger partial charge on any atom is 0.104 e. The molecule has 1 aliphatic rings. The first-order valence-electron chi connectivity index (χ1n) is 5.32. The first-order valence-corrected chi connectivity index (χ1v) is 5.32. The van der Waals surface area contributed by atoms with E-state index in [1.54, 1.807) is 7.11 Å². The third-order valence-electron chi connectivity index (χ3n) is 1.60. The van der Waals surface area contributed by atoms with Crippen LogP contribution in [0.25, 0.3) is 0 Å². The molecule has 0 aromatic heterocycles. The number of ether oxygens (including phenoxy) is 4. The van der Waals surface area contributed by atoms with Crippen molar-refractivity contribution in [1.82, 2.24) is 0 Å². The maximum absolute atomic E-state index is 8.26. The molecule has 0 spiro atoms. The van der Waals surface area contributed by atoms with Crippen LogP contribution in [0.15, 0.2) is 0 Å². The highest BCUT2D eigenvalue weighted by Gasteiger charge is 2.21. The zero-order valence-electron chi connectivity index (χ0n) is 9.76. The van der Waals surface area contributed by atoms with E-state index in [9.17, 15) is 0 Å². The Kier molecular flexibility index (Phi) is 12.6. The monoisotopic (exact) mass is 238 g/mol. The van der Waals surface area contributed by atoms with Crippen LogP contribution in [0.2, 0.25) is 0 Å². The molecule has 1 fully saturated rings. The summed E-state index contributed by atoms with van der Waals surface area (Å²) in [7, 11) is 1.68. The summed E-state index contributed by atoms with van der Waals surface area (Å²) in [4.78, 5) is 0. The van der Waals surface area contributed by atoms with Crippen LogP contribution in [0.5, 0.6) is 0 Å². The smallest absolute Gasteiger partial charge is 0.104 e. The van der Waals surface area contributed by atoms with Crippen molar-refractivity contribution >= 4 is 0 Å². The van der Waals surface area contributed by atoms with Gasteiger partial charge in [-0.3, -0.25) is 0 Å². The molecule has 0 saturated carbocycles. The second-order valence-electron chi connectivity index (χ2n) is 3.08. The molecule has 2 N–H and O–H groups in total. The third-order valence-corrected chi connectivity index (χ3v) is 1.60. The normalized spacial score (nSPS) is 17.8. The van der Waals surface area contributed by atoms with Crippen LogP contribution in [0.1, 0.15) is 0 Å². The van der Waals surface area contributed by atoms with Crippen LogP contribution in [0.4, 0.5) is 0 Å². The van der Waals surface area contributed by atoms with Crippen molar-refractivity contribution in [2.24, 2.45) is 0 Å². The first-order chi connectivity index (χ1) is 7.85.